The maximum atomic E-state index is 5.23. The van der Waals surface area contributed by atoms with E-state index in [0.29, 0.717) is 0 Å². The maximum Gasteiger partial charge on any atom is 0.101 e. The highest BCUT2D eigenvalue weighted by molar-refractivity contribution is 4.37. The van der Waals surface area contributed by atoms with Crippen LogP contribution in [0.15, 0.2) is 0 Å². The number of hydrogen-bond acceptors (Lipinski definition) is 1. The van der Waals surface area contributed by atoms with Crippen LogP contribution in [0.3, 0.4) is 0 Å². The second-order valence-corrected chi connectivity index (χ2v) is 2.61. The van der Waals surface area contributed by atoms with Gasteiger partial charge in [-0.3, -0.25) is 0 Å². The van der Waals surface area contributed by atoms with Gasteiger partial charge in [-0.25, -0.2) is 0 Å². The van der Waals surface area contributed by atoms with E-state index in [2.05, 4.69) is 6.92 Å². The van der Waals surface area contributed by atoms with Crippen LogP contribution in [0.4, 0.5) is 0 Å². The molecule has 0 aromatic rings. The van der Waals surface area contributed by atoms with Crippen molar-refractivity contribution in [3.8, 4) is 0 Å². The summed E-state index contributed by atoms with van der Waals surface area (Å²) in [6.45, 7) is 7.93. The Hall–Kier alpha value is -0.0800. The molecule has 2 heteroatoms. The molecular formula is C7H16NO+. The van der Waals surface area contributed by atoms with Crippen molar-refractivity contribution in [2.24, 2.45) is 0 Å². The fourth-order valence-corrected chi connectivity index (χ4v) is 1.26. The van der Waals surface area contributed by atoms with Gasteiger partial charge in [-0.1, -0.05) is 6.92 Å². The van der Waals surface area contributed by atoms with Gasteiger partial charge >= 0.3 is 0 Å². The zero-order valence-corrected chi connectivity index (χ0v) is 6.15. The van der Waals surface area contributed by atoms with Gasteiger partial charge in [-0.15, -0.1) is 0 Å². The zero-order chi connectivity index (χ0) is 6.53. The molecule has 0 aliphatic carbocycles. The van der Waals surface area contributed by atoms with Gasteiger partial charge in [0.15, 0.2) is 0 Å². The third-order valence-corrected chi connectivity index (χ3v) is 1.80. The predicted molar refractivity (Wildman–Crippen MR) is 36.7 cm³/mol. The Balaban J connectivity index is 2.08. The Morgan fingerprint density at radius 3 is 2.56 bits per heavy atom. The molecular weight excluding hydrogens is 114 g/mol. The lowest BCUT2D eigenvalue weighted by Crippen LogP contribution is -3.14. The molecule has 1 saturated heterocycles. The minimum Gasteiger partial charge on any atom is -0.370 e. The molecule has 1 heterocycles. The largest absolute Gasteiger partial charge is 0.370 e. The first-order chi connectivity index (χ1) is 4.43. The van der Waals surface area contributed by atoms with Crippen LogP contribution in [0.2, 0.25) is 0 Å². The number of nitrogens with one attached hydrogen (secondary N) is 1. The van der Waals surface area contributed by atoms with Gasteiger partial charge in [0.05, 0.1) is 19.8 Å². The molecule has 2 nitrogen and oxygen atoms in total. The Labute approximate surface area is 56.8 Å². The first-order valence-electron chi connectivity index (χ1n) is 3.85. The summed E-state index contributed by atoms with van der Waals surface area (Å²) >= 11 is 0. The SMILES string of the molecule is CCC[NH+]1CCOCC1. The lowest BCUT2D eigenvalue weighted by Gasteiger charge is -2.22. The average Bonchev–Trinajstić information content (AvgIpc) is 1.91. The standard InChI is InChI=1S/C7H15NO/c1-2-3-8-4-6-9-7-5-8/h2-7H2,1H3/p+1. The van der Waals surface area contributed by atoms with Crippen molar-refractivity contribution in [1.82, 2.24) is 0 Å². The molecule has 0 radical (unpaired) electrons. The van der Waals surface area contributed by atoms with E-state index in [1.54, 1.807) is 4.90 Å². The quantitative estimate of drug-likeness (QED) is 0.522. The average molecular weight is 130 g/mol. The van der Waals surface area contributed by atoms with E-state index in [4.69, 9.17) is 4.74 Å². The van der Waals surface area contributed by atoms with Crippen molar-refractivity contribution in [3.05, 3.63) is 0 Å². The molecule has 0 atom stereocenters. The molecule has 0 spiro atoms. The third-order valence-electron chi connectivity index (χ3n) is 1.80. The molecule has 1 aliphatic heterocycles. The molecule has 54 valence electrons. The maximum absolute atomic E-state index is 5.23. The summed E-state index contributed by atoms with van der Waals surface area (Å²) in [7, 11) is 0. The van der Waals surface area contributed by atoms with Crippen LogP contribution in [0.5, 0.6) is 0 Å². The van der Waals surface area contributed by atoms with Gasteiger partial charge in [-0.05, 0) is 6.42 Å². The second-order valence-electron chi connectivity index (χ2n) is 2.61. The lowest BCUT2D eigenvalue weighted by atomic mass is 10.4. The van der Waals surface area contributed by atoms with Crippen LogP contribution in [0, 0.1) is 0 Å². The van der Waals surface area contributed by atoms with Gasteiger partial charge in [0.2, 0.25) is 0 Å². The molecule has 0 aromatic carbocycles. The van der Waals surface area contributed by atoms with Crippen LogP contribution >= 0.6 is 0 Å². The van der Waals surface area contributed by atoms with Crippen molar-refractivity contribution in [2.45, 2.75) is 13.3 Å². The smallest absolute Gasteiger partial charge is 0.101 e. The van der Waals surface area contributed by atoms with Crippen LogP contribution in [0.25, 0.3) is 0 Å². The first kappa shape index (κ1) is 7.03. The molecule has 1 N–H and O–H groups in total. The van der Waals surface area contributed by atoms with Gasteiger partial charge < -0.3 is 9.64 Å². The Morgan fingerprint density at radius 1 is 1.33 bits per heavy atom. The summed E-state index contributed by atoms with van der Waals surface area (Å²) in [5.74, 6) is 0. The molecule has 1 rings (SSSR count). The molecule has 0 aromatic heterocycles. The van der Waals surface area contributed by atoms with E-state index in [1.165, 1.54) is 26.1 Å². The molecule has 0 amide bonds. The van der Waals surface area contributed by atoms with Crippen molar-refractivity contribution in [1.29, 1.82) is 0 Å². The molecule has 1 fully saturated rings. The van der Waals surface area contributed by atoms with E-state index in [-0.39, 0.29) is 0 Å². The minimum atomic E-state index is 0.968. The molecule has 1 aliphatic rings. The van der Waals surface area contributed by atoms with Crippen LogP contribution in [0.1, 0.15) is 13.3 Å². The van der Waals surface area contributed by atoms with Crippen LogP contribution in [-0.2, 0) is 4.74 Å². The monoisotopic (exact) mass is 130 g/mol. The van der Waals surface area contributed by atoms with E-state index < -0.39 is 0 Å². The van der Waals surface area contributed by atoms with Gasteiger partial charge in [0, 0.05) is 0 Å². The fraction of sp³-hybridized carbons (Fsp3) is 1.00. The molecule has 9 heavy (non-hydrogen) atoms. The molecule has 0 bridgehead atoms. The first-order valence-corrected chi connectivity index (χ1v) is 3.85. The highest BCUT2D eigenvalue weighted by atomic mass is 16.5. The number of hydrogen-bond donors (Lipinski definition) is 1. The minimum absolute atomic E-state index is 0.968. The summed E-state index contributed by atoms with van der Waals surface area (Å²) in [6.07, 6.45) is 1.30. The normalized spacial score (nSPS) is 22.3. The lowest BCUT2D eigenvalue weighted by molar-refractivity contribution is -0.908. The van der Waals surface area contributed by atoms with Crippen LogP contribution in [-0.4, -0.2) is 32.8 Å². The number of morpholine rings is 1. The molecule has 0 unspecified atom stereocenters. The number of ether oxygens (including phenoxy) is 1. The fourth-order valence-electron chi connectivity index (χ4n) is 1.26. The topological polar surface area (TPSA) is 13.7 Å². The Morgan fingerprint density at radius 2 is 2.00 bits per heavy atom. The number of quaternary nitrogens is 1. The van der Waals surface area contributed by atoms with Crippen molar-refractivity contribution in [3.63, 3.8) is 0 Å². The van der Waals surface area contributed by atoms with Gasteiger partial charge in [0.1, 0.15) is 13.1 Å². The number of rotatable bonds is 2. The van der Waals surface area contributed by atoms with E-state index in [1.807, 2.05) is 0 Å². The Kier molecular flexibility index (Phi) is 3.01. The summed E-state index contributed by atoms with van der Waals surface area (Å²) in [5.41, 5.74) is 0. The van der Waals surface area contributed by atoms with Crippen molar-refractivity contribution < 1.29 is 9.64 Å². The van der Waals surface area contributed by atoms with E-state index >= 15 is 0 Å². The van der Waals surface area contributed by atoms with E-state index in [0.717, 1.165) is 13.2 Å². The van der Waals surface area contributed by atoms with Gasteiger partial charge in [0.25, 0.3) is 0 Å². The zero-order valence-electron chi connectivity index (χ0n) is 6.15. The van der Waals surface area contributed by atoms with Crippen LogP contribution < -0.4 is 4.90 Å². The highest BCUT2D eigenvalue weighted by Gasteiger charge is 2.10. The Bertz CT molecular complexity index is 66.6. The predicted octanol–water partition coefficient (Wildman–Crippen LogP) is -0.688. The highest BCUT2D eigenvalue weighted by Crippen LogP contribution is 1.75. The molecule has 0 saturated carbocycles. The van der Waals surface area contributed by atoms with Crippen molar-refractivity contribution >= 4 is 0 Å². The third kappa shape index (κ3) is 2.33. The summed E-state index contributed by atoms with van der Waals surface area (Å²) in [4.78, 5) is 1.71. The van der Waals surface area contributed by atoms with Gasteiger partial charge in [-0.2, -0.15) is 0 Å². The summed E-state index contributed by atoms with van der Waals surface area (Å²) in [6, 6.07) is 0. The van der Waals surface area contributed by atoms with E-state index in [9.17, 15) is 0 Å². The van der Waals surface area contributed by atoms with Crippen molar-refractivity contribution in [2.75, 3.05) is 32.8 Å². The summed E-state index contributed by atoms with van der Waals surface area (Å²) in [5, 5.41) is 0. The second kappa shape index (κ2) is 3.85. The summed E-state index contributed by atoms with van der Waals surface area (Å²) < 4.78 is 5.23.